The van der Waals surface area contributed by atoms with Crippen LogP contribution in [0, 0.1) is 0 Å². The molecule has 0 bridgehead atoms. The van der Waals surface area contributed by atoms with Crippen LogP contribution in [-0.4, -0.2) is 21.0 Å². The molecule has 0 aromatic carbocycles. The molecular weight excluding hydrogens is 252 g/mol. The van der Waals surface area contributed by atoms with Crippen molar-refractivity contribution in [2.75, 3.05) is 0 Å². The lowest BCUT2D eigenvalue weighted by atomic mass is 10.3. The summed E-state index contributed by atoms with van der Waals surface area (Å²) in [5, 5.41) is 1.93. The third-order valence-electron chi connectivity index (χ3n) is 2.55. The number of fused-ring (bicyclic) bond motifs is 1. The lowest BCUT2D eigenvalue weighted by Crippen LogP contribution is -2.08. The number of hydrogen-bond donors (Lipinski definition) is 0. The van der Waals surface area contributed by atoms with Crippen LogP contribution in [0.3, 0.4) is 0 Å². The summed E-state index contributed by atoms with van der Waals surface area (Å²) in [6.07, 6.45) is 2.58. The zero-order chi connectivity index (χ0) is 12.4. The van der Waals surface area contributed by atoms with Crippen molar-refractivity contribution >= 4 is 39.1 Å². The first-order valence-electron chi connectivity index (χ1n) is 5.52. The summed E-state index contributed by atoms with van der Waals surface area (Å²) < 4.78 is 0. The fourth-order valence-corrected chi connectivity index (χ4v) is 3.29. The first-order valence-corrected chi connectivity index (χ1v) is 7.22. The molecule has 0 saturated heterocycles. The third-order valence-corrected chi connectivity index (χ3v) is 4.97. The van der Waals surface area contributed by atoms with Gasteiger partial charge in [-0.25, -0.2) is 9.97 Å². The van der Waals surface area contributed by atoms with Crippen molar-refractivity contribution in [3.05, 3.63) is 17.3 Å². The molecule has 1 atom stereocenters. The number of hydrogen-bond acceptors (Lipinski definition) is 5. The molecule has 0 aliphatic carbocycles. The molecule has 0 amide bonds. The number of aromatic nitrogens is 2. The summed E-state index contributed by atoms with van der Waals surface area (Å²) in [6, 6.07) is 2.13. The summed E-state index contributed by atoms with van der Waals surface area (Å²) in [5.41, 5.74) is 0. The number of Topliss-reactive ketones (excluding diaryl/α,β-unsaturated/α-hetero) is 1. The molecule has 0 aliphatic rings. The number of rotatable bonds is 4. The highest BCUT2D eigenvalue weighted by molar-refractivity contribution is 8.00. The van der Waals surface area contributed by atoms with E-state index in [0.29, 0.717) is 0 Å². The van der Waals surface area contributed by atoms with Gasteiger partial charge in [0.1, 0.15) is 22.0 Å². The van der Waals surface area contributed by atoms with Gasteiger partial charge < -0.3 is 0 Å². The van der Waals surface area contributed by atoms with Gasteiger partial charge in [-0.15, -0.1) is 11.3 Å². The van der Waals surface area contributed by atoms with E-state index in [1.807, 2.05) is 6.92 Å². The largest absolute Gasteiger partial charge is 0.299 e. The quantitative estimate of drug-likeness (QED) is 0.629. The van der Waals surface area contributed by atoms with Crippen molar-refractivity contribution in [1.82, 2.24) is 9.97 Å². The Hall–Kier alpha value is -0.940. The van der Waals surface area contributed by atoms with Crippen LogP contribution >= 0.6 is 23.1 Å². The van der Waals surface area contributed by atoms with Crippen LogP contribution in [0.5, 0.6) is 0 Å². The Morgan fingerprint density at radius 3 is 2.94 bits per heavy atom. The van der Waals surface area contributed by atoms with Crippen molar-refractivity contribution in [2.24, 2.45) is 0 Å². The highest BCUT2D eigenvalue weighted by Crippen LogP contribution is 2.32. The molecule has 0 radical (unpaired) electrons. The van der Waals surface area contributed by atoms with Crippen LogP contribution in [0.15, 0.2) is 17.4 Å². The monoisotopic (exact) mass is 266 g/mol. The molecule has 2 aromatic heterocycles. The van der Waals surface area contributed by atoms with Crippen molar-refractivity contribution in [3.63, 3.8) is 0 Å². The van der Waals surface area contributed by atoms with Gasteiger partial charge in [-0.3, -0.25) is 4.79 Å². The average Bonchev–Trinajstić information content (AvgIpc) is 2.72. The minimum absolute atomic E-state index is 0.0573. The summed E-state index contributed by atoms with van der Waals surface area (Å²) >= 11 is 3.21. The molecule has 2 heterocycles. The van der Waals surface area contributed by atoms with Crippen molar-refractivity contribution in [1.29, 1.82) is 0 Å². The maximum atomic E-state index is 11.3. The first kappa shape index (κ1) is 12.5. The summed E-state index contributed by atoms with van der Waals surface area (Å²) in [5.74, 6) is 0.174. The molecule has 0 aliphatic heterocycles. The summed E-state index contributed by atoms with van der Waals surface area (Å²) in [7, 11) is 0. The Bertz CT molecular complexity index is 550. The van der Waals surface area contributed by atoms with E-state index in [-0.39, 0.29) is 11.0 Å². The van der Waals surface area contributed by atoms with Crippen molar-refractivity contribution < 1.29 is 4.79 Å². The van der Waals surface area contributed by atoms with Crippen LogP contribution in [0.25, 0.3) is 10.2 Å². The zero-order valence-corrected chi connectivity index (χ0v) is 11.7. The lowest BCUT2D eigenvalue weighted by molar-refractivity contribution is -0.116. The highest BCUT2D eigenvalue weighted by atomic mass is 32.2. The molecule has 0 fully saturated rings. The van der Waals surface area contributed by atoms with Gasteiger partial charge >= 0.3 is 0 Å². The smallest absolute Gasteiger partial charge is 0.142 e. The molecule has 2 rings (SSSR count). The average molecular weight is 266 g/mol. The molecule has 0 spiro atoms. The van der Waals surface area contributed by atoms with E-state index in [0.717, 1.165) is 21.7 Å². The van der Waals surface area contributed by atoms with E-state index in [4.69, 9.17) is 0 Å². The Balaban J connectivity index is 2.39. The maximum absolute atomic E-state index is 11.3. The Kier molecular flexibility index (Phi) is 3.79. The number of nitrogens with zero attached hydrogens (tertiary/aromatic N) is 2. The van der Waals surface area contributed by atoms with Gasteiger partial charge in [0.05, 0.1) is 5.25 Å². The minimum atomic E-state index is -0.0573. The maximum Gasteiger partial charge on any atom is 0.142 e. The summed E-state index contributed by atoms with van der Waals surface area (Å²) in [6.45, 7) is 5.65. The van der Waals surface area contributed by atoms with E-state index in [2.05, 4.69) is 23.0 Å². The Morgan fingerprint density at radius 1 is 1.53 bits per heavy atom. The van der Waals surface area contributed by atoms with Crippen molar-refractivity contribution in [2.45, 2.75) is 37.5 Å². The second-order valence-electron chi connectivity index (χ2n) is 3.83. The van der Waals surface area contributed by atoms with Crippen LogP contribution in [0.1, 0.15) is 25.6 Å². The van der Waals surface area contributed by atoms with Gasteiger partial charge in [0.2, 0.25) is 0 Å². The molecule has 0 saturated carbocycles. The summed E-state index contributed by atoms with van der Waals surface area (Å²) in [4.78, 5) is 22.2. The molecule has 17 heavy (non-hydrogen) atoms. The second kappa shape index (κ2) is 5.14. The van der Waals surface area contributed by atoms with Crippen molar-refractivity contribution in [3.8, 4) is 0 Å². The van der Waals surface area contributed by atoms with E-state index in [9.17, 15) is 4.79 Å². The molecule has 3 nitrogen and oxygen atoms in total. The molecule has 5 heteroatoms. The van der Waals surface area contributed by atoms with Gasteiger partial charge in [-0.2, -0.15) is 0 Å². The predicted octanol–water partition coefficient (Wildman–Crippen LogP) is 3.32. The third kappa shape index (κ3) is 2.66. The van der Waals surface area contributed by atoms with E-state index in [1.54, 1.807) is 24.6 Å². The number of thioether (sulfide) groups is 1. The van der Waals surface area contributed by atoms with Gasteiger partial charge in [0, 0.05) is 10.3 Å². The van der Waals surface area contributed by atoms with E-state index >= 15 is 0 Å². The normalized spacial score (nSPS) is 12.9. The fourth-order valence-electron chi connectivity index (χ4n) is 1.40. The topological polar surface area (TPSA) is 42.9 Å². The molecular formula is C12H14N2OS2. The Morgan fingerprint density at radius 2 is 2.29 bits per heavy atom. The number of carbonyl (C=O) groups excluding carboxylic acids is 1. The fraction of sp³-hybridized carbons (Fsp3) is 0.417. The highest BCUT2D eigenvalue weighted by Gasteiger charge is 2.14. The molecule has 0 N–H and O–H groups in total. The first-order chi connectivity index (χ1) is 8.11. The molecule has 90 valence electrons. The number of ketones is 1. The second-order valence-corrected chi connectivity index (χ2v) is 6.28. The van der Waals surface area contributed by atoms with Crippen LogP contribution in [0.4, 0.5) is 0 Å². The van der Waals surface area contributed by atoms with Gasteiger partial charge in [-0.1, -0.05) is 18.7 Å². The van der Waals surface area contributed by atoms with Gasteiger partial charge in [-0.05, 0) is 26.3 Å². The Labute approximate surface area is 109 Å². The van der Waals surface area contributed by atoms with Crippen LogP contribution < -0.4 is 0 Å². The standard InChI is InChI=1S/C12H14N2OS2/c1-4-9-5-10-11(16-8(3)7(2)15)13-6-14-12(10)17-9/h5-6,8H,4H2,1-3H3/t8-/m0/s1. The number of thiophene rings is 1. The zero-order valence-electron chi connectivity index (χ0n) is 10.1. The SMILES string of the molecule is CCc1cc2c(S[C@@H](C)C(C)=O)ncnc2s1. The number of carbonyl (C=O) groups is 1. The predicted molar refractivity (Wildman–Crippen MR) is 72.8 cm³/mol. The van der Waals surface area contributed by atoms with E-state index < -0.39 is 0 Å². The lowest BCUT2D eigenvalue weighted by Gasteiger charge is -2.06. The van der Waals surface area contributed by atoms with Gasteiger partial charge in [0.15, 0.2) is 0 Å². The van der Waals surface area contributed by atoms with E-state index in [1.165, 1.54) is 16.6 Å². The van der Waals surface area contributed by atoms with Gasteiger partial charge in [0.25, 0.3) is 0 Å². The molecule has 0 unspecified atom stereocenters. The van der Waals surface area contributed by atoms with Crippen LogP contribution in [-0.2, 0) is 11.2 Å². The van der Waals surface area contributed by atoms with Crippen LogP contribution in [0.2, 0.25) is 0 Å². The molecule has 2 aromatic rings. The number of aryl methyl sites for hydroxylation is 1. The minimum Gasteiger partial charge on any atom is -0.299 e.